The van der Waals surface area contributed by atoms with E-state index in [2.05, 4.69) is 5.32 Å². The summed E-state index contributed by atoms with van der Waals surface area (Å²) in [5.74, 6) is -0.967. The smallest absolute Gasteiger partial charge is 0.226 e. The number of nitrogens with one attached hydrogen (secondary N) is 1. The maximum absolute atomic E-state index is 13.2. The Morgan fingerprint density at radius 1 is 1.32 bits per heavy atom. The summed E-state index contributed by atoms with van der Waals surface area (Å²) >= 11 is 0. The molecule has 3 unspecified atom stereocenters. The molecule has 1 aliphatic carbocycles. The number of carbonyl (C=O) groups is 2. The van der Waals surface area contributed by atoms with Crippen molar-refractivity contribution in [1.29, 1.82) is 0 Å². The first kappa shape index (κ1) is 17.9. The van der Waals surface area contributed by atoms with Gasteiger partial charge < -0.3 is 15.3 Å². The fourth-order valence-corrected chi connectivity index (χ4v) is 4.07. The third-order valence-electron chi connectivity index (χ3n) is 5.56. The fraction of sp³-hybridized carbons (Fsp3) is 0.579. The molecule has 0 bridgehead atoms. The first-order chi connectivity index (χ1) is 12.0. The maximum atomic E-state index is 13.2. The molecule has 2 N–H and O–H groups in total. The molecule has 3 rings (SSSR count). The van der Waals surface area contributed by atoms with Crippen LogP contribution in [0.2, 0.25) is 0 Å². The Morgan fingerprint density at radius 2 is 1.96 bits per heavy atom. The van der Waals surface area contributed by atoms with Crippen molar-refractivity contribution in [2.24, 2.45) is 11.8 Å². The highest BCUT2D eigenvalue weighted by atomic mass is 19.1. The van der Waals surface area contributed by atoms with E-state index >= 15 is 0 Å². The molecule has 2 amide bonds. The Bertz CT molecular complexity index is 628. The van der Waals surface area contributed by atoms with Gasteiger partial charge in [0.15, 0.2) is 0 Å². The summed E-state index contributed by atoms with van der Waals surface area (Å²) in [6.45, 7) is 0.216. The number of amides is 2. The molecule has 2 aliphatic rings. The summed E-state index contributed by atoms with van der Waals surface area (Å²) in [4.78, 5) is 26.3. The zero-order valence-corrected chi connectivity index (χ0v) is 14.5. The van der Waals surface area contributed by atoms with E-state index in [4.69, 9.17) is 0 Å². The van der Waals surface area contributed by atoms with Gasteiger partial charge in [-0.15, -0.1) is 0 Å². The van der Waals surface area contributed by atoms with Crippen molar-refractivity contribution in [2.75, 3.05) is 13.6 Å². The standard InChI is InChI=1S/C19H25FN2O3/c1-22-17(24)10-15(18(22)13-6-8-14(20)9-7-13)19(25)21-11-16(23)12-4-2-3-5-12/h6-9,12,15-16,18,23H,2-5,10-11H2,1H3,(H,21,25). The quantitative estimate of drug-likeness (QED) is 0.855. The predicted molar refractivity (Wildman–Crippen MR) is 91.0 cm³/mol. The highest BCUT2D eigenvalue weighted by Crippen LogP contribution is 2.37. The molecule has 25 heavy (non-hydrogen) atoms. The van der Waals surface area contributed by atoms with Gasteiger partial charge in [0, 0.05) is 20.0 Å². The summed E-state index contributed by atoms with van der Waals surface area (Å²) in [5.41, 5.74) is 0.742. The molecule has 1 heterocycles. The van der Waals surface area contributed by atoms with Crippen molar-refractivity contribution in [3.05, 3.63) is 35.6 Å². The van der Waals surface area contributed by atoms with Crippen LogP contribution in [0.15, 0.2) is 24.3 Å². The zero-order valence-electron chi connectivity index (χ0n) is 14.5. The van der Waals surface area contributed by atoms with Crippen molar-refractivity contribution in [3.63, 3.8) is 0 Å². The molecular formula is C19H25FN2O3. The van der Waals surface area contributed by atoms with Gasteiger partial charge in [-0.05, 0) is 36.5 Å². The lowest BCUT2D eigenvalue weighted by Crippen LogP contribution is -2.40. The van der Waals surface area contributed by atoms with Crippen LogP contribution in [0.3, 0.4) is 0 Å². The van der Waals surface area contributed by atoms with Crippen LogP contribution in [0.5, 0.6) is 0 Å². The van der Waals surface area contributed by atoms with Crippen LogP contribution in [0, 0.1) is 17.7 Å². The number of halogens is 1. The zero-order chi connectivity index (χ0) is 18.0. The van der Waals surface area contributed by atoms with Crippen molar-refractivity contribution >= 4 is 11.8 Å². The van der Waals surface area contributed by atoms with E-state index in [0.717, 1.165) is 31.2 Å². The maximum Gasteiger partial charge on any atom is 0.226 e. The molecule has 1 aromatic rings. The average molecular weight is 348 g/mol. The number of benzene rings is 1. The lowest BCUT2D eigenvalue weighted by Gasteiger charge is -2.26. The van der Waals surface area contributed by atoms with Gasteiger partial charge in [-0.25, -0.2) is 4.39 Å². The second-order valence-corrected chi connectivity index (χ2v) is 7.17. The SMILES string of the molecule is CN1C(=O)CC(C(=O)NCC(O)C2CCCC2)C1c1ccc(F)cc1. The third-order valence-corrected chi connectivity index (χ3v) is 5.56. The summed E-state index contributed by atoms with van der Waals surface area (Å²) in [6, 6.07) is 5.50. The van der Waals surface area contributed by atoms with Gasteiger partial charge in [-0.1, -0.05) is 25.0 Å². The van der Waals surface area contributed by atoms with Crippen molar-refractivity contribution < 1.29 is 19.1 Å². The van der Waals surface area contributed by atoms with Gasteiger partial charge in [0.25, 0.3) is 0 Å². The van der Waals surface area contributed by atoms with Crippen LogP contribution in [-0.4, -0.2) is 41.5 Å². The molecule has 6 heteroatoms. The van der Waals surface area contributed by atoms with E-state index in [1.54, 1.807) is 24.1 Å². The number of aliphatic hydroxyl groups excluding tert-OH is 1. The summed E-state index contributed by atoms with van der Waals surface area (Å²) in [7, 11) is 1.66. The lowest BCUT2D eigenvalue weighted by atomic mass is 9.92. The van der Waals surface area contributed by atoms with Gasteiger partial charge in [-0.3, -0.25) is 9.59 Å². The van der Waals surface area contributed by atoms with Crippen LogP contribution in [0.4, 0.5) is 4.39 Å². The number of aliphatic hydroxyl groups is 1. The van der Waals surface area contributed by atoms with Crippen molar-refractivity contribution in [2.45, 2.75) is 44.2 Å². The number of nitrogens with zero attached hydrogens (tertiary/aromatic N) is 1. The van der Waals surface area contributed by atoms with Crippen LogP contribution in [-0.2, 0) is 9.59 Å². The largest absolute Gasteiger partial charge is 0.391 e. The highest BCUT2D eigenvalue weighted by molar-refractivity contribution is 5.90. The molecule has 5 nitrogen and oxygen atoms in total. The molecule has 136 valence electrons. The number of rotatable bonds is 5. The van der Waals surface area contributed by atoms with E-state index in [-0.39, 0.29) is 36.5 Å². The van der Waals surface area contributed by atoms with Gasteiger partial charge >= 0.3 is 0 Å². The Morgan fingerprint density at radius 3 is 2.60 bits per heavy atom. The minimum absolute atomic E-state index is 0.106. The van der Waals surface area contributed by atoms with Crippen molar-refractivity contribution in [3.8, 4) is 0 Å². The number of hydrogen-bond acceptors (Lipinski definition) is 3. The van der Waals surface area contributed by atoms with Gasteiger partial charge in [0.2, 0.25) is 11.8 Å². The Labute approximate surface area is 147 Å². The topological polar surface area (TPSA) is 69.6 Å². The molecule has 1 aromatic carbocycles. The van der Waals surface area contributed by atoms with Gasteiger partial charge in [0.05, 0.1) is 18.1 Å². The minimum atomic E-state index is -0.537. The minimum Gasteiger partial charge on any atom is -0.391 e. The summed E-state index contributed by atoms with van der Waals surface area (Å²) in [5, 5.41) is 13.0. The molecule has 0 radical (unpaired) electrons. The second kappa shape index (κ2) is 7.52. The molecule has 3 atom stereocenters. The van der Waals surface area contributed by atoms with Crippen LogP contribution in [0.25, 0.3) is 0 Å². The molecule has 1 aliphatic heterocycles. The number of carbonyl (C=O) groups excluding carboxylic acids is 2. The van der Waals surface area contributed by atoms with E-state index in [0.29, 0.717) is 0 Å². The highest BCUT2D eigenvalue weighted by Gasteiger charge is 2.42. The molecule has 0 aromatic heterocycles. The molecule has 1 saturated heterocycles. The van der Waals surface area contributed by atoms with Gasteiger partial charge in [0.1, 0.15) is 5.82 Å². The van der Waals surface area contributed by atoms with E-state index in [1.165, 1.54) is 12.1 Å². The lowest BCUT2D eigenvalue weighted by molar-refractivity contribution is -0.128. The second-order valence-electron chi connectivity index (χ2n) is 7.17. The van der Waals surface area contributed by atoms with E-state index in [1.807, 2.05) is 0 Å². The number of hydrogen-bond donors (Lipinski definition) is 2. The van der Waals surface area contributed by atoms with E-state index in [9.17, 15) is 19.1 Å². The van der Waals surface area contributed by atoms with Crippen molar-refractivity contribution in [1.82, 2.24) is 10.2 Å². The van der Waals surface area contributed by atoms with Gasteiger partial charge in [-0.2, -0.15) is 0 Å². The predicted octanol–water partition coefficient (Wildman–Crippen LogP) is 2.01. The molecular weight excluding hydrogens is 323 g/mol. The third kappa shape index (κ3) is 3.84. The summed E-state index contributed by atoms with van der Waals surface area (Å²) < 4.78 is 13.2. The Balaban J connectivity index is 1.66. The van der Waals surface area contributed by atoms with Crippen LogP contribution in [0.1, 0.15) is 43.7 Å². The number of likely N-dealkylation sites (tertiary alicyclic amines) is 1. The average Bonchev–Trinajstić information content (AvgIpc) is 3.23. The Kier molecular flexibility index (Phi) is 5.37. The molecule has 2 fully saturated rings. The first-order valence-electron chi connectivity index (χ1n) is 8.94. The molecule has 1 saturated carbocycles. The Hall–Kier alpha value is -1.95. The van der Waals surface area contributed by atoms with E-state index < -0.39 is 18.1 Å². The summed E-state index contributed by atoms with van der Waals surface area (Å²) in [6.07, 6.45) is 3.85. The van der Waals surface area contributed by atoms with Crippen LogP contribution < -0.4 is 5.32 Å². The first-order valence-corrected chi connectivity index (χ1v) is 8.94. The monoisotopic (exact) mass is 348 g/mol. The fourth-order valence-electron chi connectivity index (χ4n) is 4.07. The normalized spacial score (nSPS) is 25.4. The molecule has 0 spiro atoms. The van der Waals surface area contributed by atoms with Crippen LogP contribution >= 0.6 is 0 Å².